The Balaban J connectivity index is 2.25. The lowest BCUT2D eigenvalue weighted by Gasteiger charge is -2.10. The number of sulfonamides is 1. The summed E-state index contributed by atoms with van der Waals surface area (Å²) in [7, 11) is -3.61. The molecule has 0 bridgehead atoms. The van der Waals surface area contributed by atoms with Crippen LogP contribution in [0, 0.1) is 6.92 Å². The number of aromatic nitrogens is 1. The zero-order chi connectivity index (χ0) is 15.5. The molecule has 1 aromatic heterocycles. The lowest BCUT2D eigenvalue weighted by Crippen LogP contribution is -2.14. The summed E-state index contributed by atoms with van der Waals surface area (Å²) in [4.78, 5) is 4.34. The van der Waals surface area contributed by atoms with Crippen LogP contribution in [-0.2, 0) is 16.4 Å². The van der Waals surface area contributed by atoms with Gasteiger partial charge < -0.3 is 0 Å². The van der Waals surface area contributed by atoms with E-state index >= 15 is 0 Å². The second-order valence-corrected chi connectivity index (χ2v) is 7.42. The van der Waals surface area contributed by atoms with E-state index in [1.807, 2.05) is 18.2 Å². The van der Waals surface area contributed by atoms with Crippen molar-refractivity contribution in [2.24, 2.45) is 0 Å². The Morgan fingerprint density at radius 1 is 1.24 bits per heavy atom. The van der Waals surface area contributed by atoms with Crippen molar-refractivity contribution in [1.82, 2.24) is 4.98 Å². The van der Waals surface area contributed by atoms with Crippen LogP contribution in [-0.4, -0.2) is 13.4 Å². The fourth-order valence-corrected chi connectivity index (χ4v) is 3.48. The van der Waals surface area contributed by atoms with Crippen LogP contribution in [0.5, 0.6) is 0 Å². The summed E-state index contributed by atoms with van der Waals surface area (Å²) in [6, 6.07) is 8.76. The molecule has 21 heavy (non-hydrogen) atoms. The number of rotatable bonds is 5. The first-order valence-corrected chi connectivity index (χ1v) is 8.94. The molecule has 6 heteroatoms. The van der Waals surface area contributed by atoms with Gasteiger partial charge in [0.05, 0.1) is 4.90 Å². The lowest BCUT2D eigenvalue weighted by atomic mass is 10.1. The van der Waals surface area contributed by atoms with Gasteiger partial charge in [-0.1, -0.05) is 25.5 Å². The zero-order valence-electron chi connectivity index (χ0n) is 11.9. The molecule has 2 rings (SSSR count). The predicted molar refractivity (Wildman–Crippen MR) is 87.9 cm³/mol. The third-order valence-electron chi connectivity index (χ3n) is 3.05. The van der Waals surface area contributed by atoms with Crippen LogP contribution in [0.15, 0.2) is 45.9 Å². The summed E-state index contributed by atoms with van der Waals surface area (Å²) in [5, 5.41) is 0. The molecule has 4 nitrogen and oxygen atoms in total. The van der Waals surface area contributed by atoms with Crippen LogP contribution in [0.1, 0.15) is 24.5 Å². The number of pyridine rings is 1. The van der Waals surface area contributed by atoms with Crippen molar-refractivity contribution >= 4 is 31.8 Å². The van der Waals surface area contributed by atoms with E-state index in [0.29, 0.717) is 5.82 Å². The van der Waals surface area contributed by atoms with Gasteiger partial charge in [0.25, 0.3) is 10.0 Å². The highest BCUT2D eigenvalue weighted by atomic mass is 79.9. The van der Waals surface area contributed by atoms with Gasteiger partial charge in [0.1, 0.15) is 5.82 Å². The van der Waals surface area contributed by atoms with Crippen molar-refractivity contribution in [3.63, 3.8) is 0 Å². The Labute approximate surface area is 133 Å². The van der Waals surface area contributed by atoms with Gasteiger partial charge >= 0.3 is 0 Å². The molecule has 1 N–H and O–H groups in total. The highest BCUT2D eigenvalue weighted by Gasteiger charge is 2.16. The Kier molecular flexibility index (Phi) is 5.00. The van der Waals surface area contributed by atoms with Crippen LogP contribution in [0.25, 0.3) is 0 Å². The smallest absolute Gasteiger partial charge is 0.263 e. The molecule has 0 saturated carbocycles. The standard InChI is InChI=1S/C15H17BrN2O2S/c1-3-4-12-5-7-14(8-6-12)21(19,20)18-15-11(2)9-13(16)10-17-15/h5-10H,3-4H2,1-2H3,(H,17,18). The minimum absolute atomic E-state index is 0.242. The van der Waals surface area contributed by atoms with Crippen molar-refractivity contribution < 1.29 is 8.42 Å². The Bertz CT molecular complexity index is 728. The summed E-state index contributed by atoms with van der Waals surface area (Å²) in [5.74, 6) is 0.343. The molecule has 0 aliphatic heterocycles. The van der Waals surface area contributed by atoms with Crippen molar-refractivity contribution in [1.29, 1.82) is 0 Å². The molecule has 0 unspecified atom stereocenters. The molecular weight excluding hydrogens is 352 g/mol. The molecule has 0 saturated heterocycles. The van der Waals surface area contributed by atoms with Gasteiger partial charge in [-0.3, -0.25) is 4.72 Å². The first kappa shape index (κ1) is 16.0. The fourth-order valence-electron chi connectivity index (χ4n) is 1.96. The number of benzene rings is 1. The van der Waals surface area contributed by atoms with Gasteiger partial charge in [-0.15, -0.1) is 0 Å². The van der Waals surface area contributed by atoms with E-state index in [-0.39, 0.29) is 4.90 Å². The Morgan fingerprint density at radius 2 is 1.90 bits per heavy atom. The normalized spacial score (nSPS) is 11.4. The zero-order valence-corrected chi connectivity index (χ0v) is 14.3. The molecule has 0 amide bonds. The van der Waals surface area contributed by atoms with E-state index in [1.54, 1.807) is 25.3 Å². The molecule has 112 valence electrons. The van der Waals surface area contributed by atoms with Crippen LogP contribution in [0.2, 0.25) is 0 Å². The maximum absolute atomic E-state index is 12.3. The highest BCUT2D eigenvalue weighted by molar-refractivity contribution is 9.10. The summed E-state index contributed by atoms with van der Waals surface area (Å²) in [6.07, 6.45) is 3.54. The Hall–Kier alpha value is -1.40. The van der Waals surface area contributed by atoms with E-state index in [0.717, 1.165) is 28.4 Å². The average molecular weight is 369 g/mol. The molecule has 0 aliphatic rings. The number of nitrogens with one attached hydrogen (secondary N) is 1. The van der Waals surface area contributed by atoms with E-state index in [1.165, 1.54) is 0 Å². The highest BCUT2D eigenvalue weighted by Crippen LogP contribution is 2.20. The average Bonchev–Trinajstić information content (AvgIpc) is 2.43. The van der Waals surface area contributed by atoms with Crippen LogP contribution < -0.4 is 4.72 Å². The quantitative estimate of drug-likeness (QED) is 0.870. The first-order valence-electron chi connectivity index (χ1n) is 6.66. The molecule has 0 spiro atoms. The molecule has 0 fully saturated rings. The van der Waals surface area contributed by atoms with Gasteiger partial charge in [-0.25, -0.2) is 13.4 Å². The monoisotopic (exact) mass is 368 g/mol. The summed E-state index contributed by atoms with van der Waals surface area (Å²) >= 11 is 3.30. The van der Waals surface area contributed by atoms with Gasteiger partial charge in [0.2, 0.25) is 0 Å². The summed E-state index contributed by atoms with van der Waals surface area (Å²) in [6.45, 7) is 3.90. The Morgan fingerprint density at radius 3 is 2.48 bits per heavy atom. The fraction of sp³-hybridized carbons (Fsp3) is 0.267. The minimum atomic E-state index is -3.61. The second-order valence-electron chi connectivity index (χ2n) is 4.82. The van der Waals surface area contributed by atoms with Crippen molar-refractivity contribution in [3.05, 3.63) is 52.1 Å². The second kappa shape index (κ2) is 6.58. The van der Waals surface area contributed by atoms with Crippen molar-refractivity contribution in [3.8, 4) is 0 Å². The van der Waals surface area contributed by atoms with E-state index < -0.39 is 10.0 Å². The van der Waals surface area contributed by atoms with E-state index in [2.05, 4.69) is 32.6 Å². The molecule has 0 radical (unpaired) electrons. The molecule has 0 atom stereocenters. The first-order chi connectivity index (χ1) is 9.92. The third-order valence-corrected chi connectivity index (χ3v) is 4.84. The minimum Gasteiger partial charge on any atom is -0.263 e. The van der Waals surface area contributed by atoms with Crippen LogP contribution in [0.4, 0.5) is 5.82 Å². The SMILES string of the molecule is CCCc1ccc(S(=O)(=O)Nc2ncc(Br)cc2C)cc1. The van der Waals surface area contributed by atoms with Crippen molar-refractivity contribution in [2.45, 2.75) is 31.6 Å². The topological polar surface area (TPSA) is 59.1 Å². The third kappa shape index (κ3) is 4.04. The predicted octanol–water partition coefficient (Wildman–Crippen LogP) is 3.91. The van der Waals surface area contributed by atoms with E-state index in [9.17, 15) is 8.42 Å². The molecule has 1 heterocycles. The summed E-state index contributed by atoms with van der Waals surface area (Å²) < 4.78 is 28.0. The number of halogens is 1. The van der Waals surface area contributed by atoms with Crippen LogP contribution in [0.3, 0.4) is 0 Å². The lowest BCUT2D eigenvalue weighted by molar-refractivity contribution is 0.601. The maximum atomic E-state index is 12.3. The largest absolute Gasteiger partial charge is 0.263 e. The van der Waals surface area contributed by atoms with Gasteiger partial charge in [-0.2, -0.15) is 0 Å². The number of aryl methyl sites for hydroxylation is 2. The number of hydrogen-bond acceptors (Lipinski definition) is 3. The van der Waals surface area contributed by atoms with Gasteiger partial charge in [-0.05, 0) is 58.6 Å². The van der Waals surface area contributed by atoms with Gasteiger partial charge in [0.15, 0.2) is 0 Å². The van der Waals surface area contributed by atoms with Gasteiger partial charge in [0, 0.05) is 10.7 Å². The van der Waals surface area contributed by atoms with E-state index in [4.69, 9.17) is 0 Å². The van der Waals surface area contributed by atoms with Crippen molar-refractivity contribution in [2.75, 3.05) is 4.72 Å². The molecule has 0 aliphatic carbocycles. The number of anilines is 1. The molecule has 1 aromatic carbocycles. The summed E-state index contributed by atoms with van der Waals surface area (Å²) in [5.41, 5.74) is 1.89. The number of hydrogen-bond donors (Lipinski definition) is 1. The molecule has 2 aromatic rings. The number of nitrogens with zero attached hydrogens (tertiary/aromatic N) is 1. The maximum Gasteiger partial charge on any atom is 0.263 e. The molecular formula is C15H17BrN2O2S. The van der Waals surface area contributed by atoms with Crippen LogP contribution >= 0.6 is 15.9 Å².